The molecule has 0 spiro atoms. The predicted octanol–water partition coefficient (Wildman–Crippen LogP) is 11.7. The first kappa shape index (κ1) is 54.6. The summed E-state index contributed by atoms with van der Waals surface area (Å²) in [6, 6.07) is 19.1. The van der Waals surface area contributed by atoms with E-state index in [1.165, 1.54) is 41.4 Å². The van der Waals surface area contributed by atoms with Crippen molar-refractivity contribution in [2.45, 2.75) is 45.7 Å². The van der Waals surface area contributed by atoms with Crippen LogP contribution in [0.25, 0.3) is 49.9 Å². The molecule has 0 amide bonds. The van der Waals surface area contributed by atoms with Crippen molar-refractivity contribution in [3.63, 3.8) is 0 Å². The molecular formula is C57H69BrN14O6. The zero-order valence-corrected chi connectivity index (χ0v) is 47.1. The van der Waals surface area contributed by atoms with E-state index in [9.17, 15) is 20.2 Å². The van der Waals surface area contributed by atoms with Gasteiger partial charge in [-0.3, -0.25) is 20.2 Å². The second-order valence-corrected chi connectivity index (χ2v) is 21.1. The van der Waals surface area contributed by atoms with Gasteiger partial charge in [-0.2, -0.15) is 0 Å². The predicted molar refractivity (Wildman–Crippen MR) is 319 cm³/mol. The molecule has 0 atom stereocenters. The van der Waals surface area contributed by atoms with E-state index in [4.69, 9.17) is 19.4 Å². The molecule has 6 heterocycles. The molecule has 20 nitrogen and oxygen atoms in total. The van der Waals surface area contributed by atoms with Crippen molar-refractivity contribution in [2.75, 3.05) is 103 Å². The Hall–Kier alpha value is -8.14. The third kappa shape index (κ3) is 11.3. The summed E-state index contributed by atoms with van der Waals surface area (Å²) in [5.41, 5.74) is 12.1. The second kappa shape index (κ2) is 23.2. The monoisotopic (exact) mass is 1120 g/mol. The molecule has 0 bridgehead atoms. The van der Waals surface area contributed by atoms with E-state index in [1.807, 2.05) is 68.8 Å². The van der Waals surface area contributed by atoms with Crippen molar-refractivity contribution in [3.8, 4) is 34.0 Å². The lowest BCUT2D eigenvalue weighted by Crippen LogP contribution is -2.28. The fraction of sp³-hybridized carbons (Fsp3) is 0.333. The van der Waals surface area contributed by atoms with E-state index in [0.29, 0.717) is 59.2 Å². The summed E-state index contributed by atoms with van der Waals surface area (Å²) >= 11 is 3.63. The van der Waals surface area contributed by atoms with Gasteiger partial charge in [0, 0.05) is 133 Å². The third-order valence-corrected chi connectivity index (χ3v) is 14.8. The van der Waals surface area contributed by atoms with Crippen LogP contribution >= 0.6 is 15.9 Å². The molecule has 8 aromatic rings. The first-order valence-corrected chi connectivity index (χ1v) is 26.5. The van der Waals surface area contributed by atoms with Crippen LogP contribution in [-0.2, 0) is 25.9 Å². The first-order chi connectivity index (χ1) is 37.4. The molecule has 410 valence electrons. The highest BCUT2D eigenvalue weighted by Crippen LogP contribution is 2.43. The molecule has 0 fully saturated rings. The van der Waals surface area contributed by atoms with Crippen molar-refractivity contribution in [3.05, 3.63) is 133 Å². The van der Waals surface area contributed by atoms with E-state index in [-0.39, 0.29) is 24.1 Å². The maximum atomic E-state index is 12.1. The molecule has 10 rings (SSSR count). The molecule has 4 aromatic carbocycles. The lowest BCUT2D eigenvalue weighted by atomic mass is 9.99. The Balaban J connectivity index is 0.000000226. The molecule has 2 aliphatic heterocycles. The molecule has 2 aliphatic rings. The molecule has 0 saturated heterocycles. The van der Waals surface area contributed by atoms with Crippen LogP contribution in [-0.4, -0.2) is 131 Å². The van der Waals surface area contributed by atoms with Crippen LogP contribution in [0.2, 0.25) is 0 Å². The lowest BCUT2D eigenvalue weighted by Gasteiger charge is -2.22. The Kier molecular flexibility index (Phi) is 16.3. The van der Waals surface area contributed by atoms with Crippen LogP contribution in [0.15, 0.2) is 96.5 Å². The second-order valence-electron chi connectivity index (χ2n) is 20.2. The Morgan fingerprint density at radius 2 is 1.14 bits per heavy atom. The smallest absolute Gasteiger partial charge is 0.294 e. The highest BCUT2D eigenvalue weighted by molar-refractivity contribution is 9.10. The van der Waals surface area contributed by atoms with Crippen LogP contribution in [0.4, 0.5) is 46.0 Å². The Bertz CT molecular complexity index is 3610. The van der Waals surface area contributed by atoms with Crippen molar-refractivity contribution in [1.82, 2.24) is 38.9 Å². The molecule has 0 unspecified atom stereocenters. The number of allylic oxidation sites excluding steroid dienone is 1. The minimum atomic E-state index is -0.381. The summed E-state index contributed by atoms with van der Waals surface area (Å²) in [5, 5.41) is 32.7. The molecule has 2 N–H and O–H groups in total. The van der Waals surface area contributed by atoms with Crippen molar-refractivity contribution in [2.24, 2.45) is 0 Å². The Morgan fingerprint density at radius 1 is 0.692 bits per heavy atom. The van der Waals surface area contributed by atoms with Gasteiger partial charge in [0.25, 0.3) is 11.4 Å². The van der Waals surface area contributed by atoms with E-state index in [1.54, 1.807) is 31.6 Å². The van der Waals surface area contributed by atoms with Crippen molar-refractivity contribution >= 4 is 89.3 Å². The summed E-state index contributed by atoms with van der Waals surface area (Å²) in [7, 11) is 14.6. The average molecular weight is 1130 g/mol. The lowest BCUT2D eigenvalue weighted by molar-refractivity contribution is -0.384. The number of aromatic nitrogens is 6. The molecule has 21 heteroatoms. The maximum Gasteiger partial charge on any atom is 0.294 e. The van der Waals surface area contributed by atoms with Gasteiger partial charge in [0.2, 0.25) is 11.9 Å². The summed E-state index contributed by atoms with van der Waals surface area (Å²) in [4.78, 5) is 49.8. The van der Waals surface area contributed by atoms with Crippen molar-refractivity contribution in [1.29, 1.82) is 0 Å². The number of benzene rings is 4. The number of hydrogen-bond donors (Lipinski definition) is 2. The number of methoxy groups -OCH3 is 2. The molecule has 0 aliphatic carbocycles. The highest BCUT2D eigenvalue weighted by atomic mass is 79.9. The number of nitro groups is 2. The average Bonchev–Trinajstić information content (AvgIpc) is 4.01. The summed E-state index contributed by atoms with van der Waals surface area (Å²) in [6.45, 7) is 10.8. The van der Waals surface area contributed by atoms with Gasteiger partial charge in [-0.15, -0.1) is 0 Å². The van der Waals surface area contributed by atoms with Crippen molar-refractivity contribution < 1.29 is 22.2 Å². The molecule has 0 radical (unpaired) electrons. The topological polar surface area (TPSA) is 203 Å². The maximum absolute atomic E-state index is 12.1. The van der Waals surface area contributed by atoms with Crippen LogP contribution in [0.5, 0.6) is 11.5 Å². The largest absolute Gasteiger partial charge is 0.494 e. The third-order valence-electron chi connectivity index (χ3n) is 14.2. The Morgan fingerprint density at radius 3 is 1.58 bits per heavy atom. The number of ether oxygens (including phenoxy) is 2. The fourth-order valence-electron chi connectivity index (χ4n) is 10.2. The van der Waals surface area contributed by atoms with Gasteiger partial charge < -0.3 is 48.8 Å². The van der Waals surface area contributed by atoms with Gasteiger partial charge in [0.15, 0.2) is 0 Å². The number of nitro benzene ring substituents is 2. The minimum Gasteiger partial charge on any atom is -0.494 e. The van der Waals surface area contributed by atoms with Crippen LogP contribution in [0.3, 0.4) is 0 Å². The van der Waals surface area contributed by atoms with Gasteiger partial charge in [-0.25, -0.2) is 19.9 Å². The summed E-state index contributed by atoms with van der Waals surface area (Å²) in [5.74, 6) is 1.55. The quantitative estimate of drug-likeness (QED) is 0.0571. The molecule has 4 aromatic heterocycles. The zero-order valence-electron chi connectivity index (χ0n) is 45.6. The van der Waals surface area contributed by atoms with Gasteiger partial charge in [-0.1, -0.05) is 43.0 Å². The van der Waals surface area contributed by atoms with E-state index in [0.717, 1.165) is 101 Å². The van der Waals surface area contributed by atoms with Gasteiger partial charge in [0.1, 0.15) is 22.9 Å². The Labute approximate surface area is 464 Å². The van der Waals surface area contributed by atoms with E-state index >= 15 is 0 Å². The first-order valence-electron chi connectivity index (χ1n) is 25.7. The van der Waals surface area contributed by atoms with Crippen LogP contribution < -0.4 is 29.9 Å². The number of aryl methyl sites for hydroxylation is 4. The van der Waals surface area contributed by atoms with Crippen LogP contribution in [0.1, 0.15) is 39.3 Å². The number of nitrogens with one attached hydrogen (secondary N) is 2. The number of halogens is 1. The number of hydrogen-bond acceptors (Lipinski definition) is 16. The van der Waals surface area contributed by atoms with Gasteiger partial charge >= 0.3 is 0 Å². The number of rotatable bonds is 19. The molecule has 0 saturated carbocycles. The zero-order chi connectivity index (χ0) is 55.5. The normalized spacial score (nSPS) is 12.6. The minimum absolute atomic E-state index is 0. The van der Waals surface area contributed by atoms with Crippen LogP contribution in [0, 0.1) is 20.2 Å². The molecule has 78 heavy (non-hydrogen) atoms. The highest BCUT2D eigenvalue weighted by Gasteiger charge is 2.27. The summed E-state index contributed by atoms with van der Waals surface area (Å²) < 4.78 is 16.6. The fourth-order valence-corrected chi connectivity index (χ4v) is 10.6. The number of nitrogens with zero attached hydrogens (tertiary/aromatic N) is 12. The molecular weight excluding hydrogens is 1060 g/mol. The standard InChI is InChI=1S/C30H35N7O3.C27H30BrN7O3.2H2/c1-19(2)22-17-31-30(33-28(22)23-18-36-12-8-10-20-9-7-11-21(23)29(20)36)32-24-15-26(37(38)39)25(16-27(24)40-6)35(5)14-13-34(3)4;1-32(2)11-12-33(3)22-14-24(38-4)21(13-23(22)35(36)37)30-27-29-15-20(28)25(31-27)19-16-34-10-6-8-17-7-5-9-18(19)26(17)34;;/h7,9,11,15-18H,1,8,10,12-14H2,2-6H3,(H,31,32,33);5,7,9,13-16H,6,8,10-12H2,1-4H3,(H,29,30,31);2*1H. The van der Waals surface area contributed by atoms with Gasteiger partial charge in [0.05, 0.1) is 62.3 Å². The summed E-state index contributed by atoms with van der Waals surface area (Å²) in [6.07, 6.45) is 12.1. The number of para-hydroxylation sites is 2. The number of anilines is 6. The SMILES string of the molecule is C=C(C)c1cnc(Nc2cc([N+](=O)[O-])c(N(C)CCN(C)C)cc2OC)nc1-c1cn2c3c(cccc13)CCC2.COc1cc(N(C)CCN(C)C)c([N+](=O)[O-])cc1Nc1ncc(Br)c(-c2cn3c4c(cccc24)CCC3)n1.[HH].[HH]. The van der Waals surface area contributed by atoms with Gasteiger partial charge in [-0.05, 0) is 93.4 Å². The van der Waals surface area contributed by atoms with E-state index in [2.05, 4.69) is 101 Å². The number of likely N-dealkylation sites (N-methyl/N-ethyl adjacent to an activating group) is 4. The van der Waals surface area contributed by atoms with E-state index < -0.39 is 0 Å².